The predicted octanol–water partition coefficient (Wildman–Crippen LogP) is 3.82. The zero-order valence-electron chi connectivity index (χ0n) is 17.1. The summed E-state index contributed by atoms with van der Waals surface area (Å²) in [6, 6.07) is 3.88. The number of hydrogen-bond donors (Lipinski definition) is 1. The molecule has 0 atom stereocenters. The van der Waals surface area contributed by atoms with E-state index in [1.807, 2.05) is 24.0 Å². The lowest BCUT2D eigenvalue weighted by Gasteiger charge is -2.32. The molecule has 2 aliphatic carbocycles. The van der Waals surface area contributed by atoms with Gasteiger partial charge in [0.15, 0.2) is 0 Å². The number of aryl methyl sites for hydroxylation is 1. The van der Waals surface area contributed by atoms with Crippen LogP contribution in [0, 0.1) is 18.8 Å². The Morgan fingerprint density at radius 3 is 2.43 bits per heavy atom. The summed E-state index contributed by atoms with van der Waals surface area (Å²) >= 11 is 0. The highest BCUT2D eigenvalue weighted by atomic mass is 16.2. The first-order valence-corrected chi connectivity index (χ1v) is 11.2. The number of nitrogens with one attached hydrogen (secondary N) is 1. The van der Waals surface area contributed by atoms with Gasteiger partial charge < -0.3 is 10.2 Å². The van der Waals surface area contributed by atoms with E-state index in [1.165, 1.54) is 32.1 Å². The van der Waals surface area contributed by atoms with Crippen molar-refractivity contribution in [2.24, 2.45) is 11.8 Å². The summed E-state index contributed by atoms with van der Waals surface area (Å²) in [5, 5.41) is 3.17. The third-order valence-corrected chi connectivity index (χ3v) is 6.70. The van der Waals surface area contributed by atoms with E-state index in [4.69, 9.17) is 4.98 Å². The van der Waals surface area contributed by atoms with Crippen LogP contribution >= 0.6 is 0 Å². The van der Waals surface area contributed by atoms with Crippen molar-refractivity contribution in [3.63, 3.8) is 0 Å². The van der Waals surface area contributed by atoms with Crippen LogP contribution in [0.4, 0.5) is 0 Å². The molecule has 1 saturated heterocycles. The highest BCUT2D eigenvalue weighted by Crippen LogP contribution is 2.35. The number of amides is 2. The minimum absolute atomic E-state index is 0.0181. The summed E-state index contributed by atoms with van der Waals surface area (Å²) in [6.45, 7) is 4.34. The fraction of sp³-hybridized carbons (Fsp3) is 0.696. The molecule has 2 heterocycles. The fourth-order valence-corrected chi connectivity index (χ4v) is 4.77. The summed E-state index contributed by atoms with van der Waals surface area (Å²) in [4.78, 5) is 32.0. The summed E-state index contributed by atoms with van der Waals surface area (Å²) in [5.74, 6) is 1.52. The van der Waals surface area contributed by atoms with E-state index in [1.54, 1.807) is 0 Å². The lowest BCUT2D eigenvalue weighted by molar-refractivity contribution is -0.133. The molecular formula is C23H33N3O2. The molecule has 1 N–H and O–H groups in total. The number of rotatable bonds is 5. The van der Waals surface area contributed by atoms with Crippen molar-refractivity contribution in [3.8, 4) is 0 Å². The van der Waals surface area contributed by atoms with Crippen molar-refractivity contribution >= 4 is 11.8 Å². The average Bonchev–Trinajstić information content (AvgIpc) is 3.58. The largest absolute Gasteiger partial charge is 0.352 e. The smallest absolute Gasteiger partial charge is 0.253 e. The van der Waals surface area contributed by atoms with Crippen molar-refractivity contribution in [2.45, 2.75) is 70.6 Å². The summed E-state index contributed by atoms with van der Waals surface area (Å²) in [7, 11) is 0. The molecule has 0 spiro atoms. The highest BCUT2D eigenvalue weighted by Gasteiger charge is 2.35. The van der Waals surface area contributed by atoms with E-state index < -0.39 is 0 Å². The topological polar surface area (TPSA) is 62.3 Å². The Labute approximate surface area is 168 Å². The van der Waals surface area contributed by atoms with Crippen molar-refractivity contribution in [1.82, 2.24) is 15.2 Å². The molecule has 152 valence electrons. The number of aromatic nitrogens is 1. The van der Waals surface area contributed by atoms with Gasteiger partial charge in [0.05, 0.1) is 11.3 Å². The van der Waals surface area contributed by atoms with Gasteiger partial charge in [0.2, 0.25) is 5.91 Å². The van der Waals surface area contributed by atoms with Crippen LogP contribution in [0.15, 0.2) is 12.1 Å². The monoisotopic (exact) mass is 383 g/mol. The van der Waals surface area contributed by atoms with Crippen LogP contribution in [0.3, 0.4) is 0 Å². The third-order valence-electron chi connectivity index (χ3n) is 6.70. The molecule has 2 amide bonds. The van der Waals surface area contributed by atoms with Crippen LogP contribution in [-0.2, 0) is 4.79 Å². The SMILES string of the molecule is Cc1ccc(C(=O)NCC2CCCCC2)c(C2CCN(C(=O)C3CC3)CC2)n1. The number of piperidine rings is 1. The van der Waals surface area contributed by atoms with Crippen molar-refractivity contribution in [2.75, 3.05) is 19.6 Å². The molecule has 5 heteroatoms. The first kappa shape index (κ1) is 19.4. The van der Waals surface area contributed by atoms with Gasteiger partial charge in [-0.15, -0.1) is 0 Å². The molecule has 3 fully saturated rings. The van der Waals surface area contributed by atoms with Crippen molar-refractivity contribution in [3.05, 3.63) is 29.1 Å². The van der Waals surface area contributed by atoms with Gasteiger partial charge in [-0.25, -0.2) is 0 Å². The van der Waals surface area contributed by atoms with E-state index in [0.29, 0.717) is 11.8 Å². The number of pyridine rings is 1. The third kappa shape index (κ3) is 4.56. The van der Waals surface area contributed by atoms with Gasteiger partial charge in [0.1, 0.15) is 0 Å². The van der Waals surface area contributed by atoms with Crippen LogP contribution in [0.5, 0.6) is 0 Å². The number of likely N-dealkylation sites (tertiary alicyclic amines) is 1. The van der Waals surface area contributed by atoms with Crippen LogP contribution < -0.4 is 5.32 Å². The van der Waals surface area contributed by atoms with Crippen LogP contribution in [-0.4, -0.2) is 41.3 Å². The van der Waals surface area contributed by atoms with E-state index in [-0.39, 0.29) is 17.7 Å². The molecule has 1 aromatic heterocycles. The van der Waals surface area contributed by atoms with E-state index in [9.17, 15) is 9.59 Å². The Morgan fingerprint density at radius 1 is 1.04 bits per heavy atom. The second-order valence-corrected chi connectivity index (χ2v) is 8.97. The molecule has 0 bridgehead atoms. The van der Waals surface area contributed by atoms with Gasteiger partial charge >= 0.3 is 0 Å². The number of carbonyl (C=O) groups excluding carboxylic acids is 2. The lowest BCUT2D eigenvalue weighted by atomic mass is 9.88. The molecule has 0 unspecified atom stereocenters. The molecule has 1 aliphatic heterocycles. The molecule has 4 rings (SSSR count). The Bertz CT molecular complexity index is 715. The molecule has 3 aliphatic rings. The second-order valence-electron chi connectivity index (χ2n) is 8.97. The zero-order valence-corrected chi connectivity index (χ0v) is 17.1. The quantitative estimate of drug-likeness (QED) is 0.841. The summed E-state index contributed by atoms with van der Waals surface area (Å²) < 4.78 is 0. The normalized spacial score (nSPS) is 21.5. The summed E-state index contributed by atoms with van der Waals surface area (Å²) in [5.41, 5.74) is 2.61. The molecule has 1 aromatic rings. The minimum atomic E-state index is 0.0181. The van der Waals surface area contributed by atoms with Gasteiger partial charge in [-0.05, 0) is 63.5 Å². The van der Waals surface area contributed by atoms with E-state index in [2.05, 4.69) is 5.32 Å². The lowest BCUT2D eigenvalue weighted by Crippen LogP contribution is -2.39. The predicted molar refractivity (Wildman–Crippen MR) is 109 cm³/mol. The molecular weight excluding hydrogens is 350 g/mol. The Balaban J connectivity index is 1.40. The number of hydrogen-bond acceptors (Lipinski definition) is 3. The molecule has 0 radical (unpaired) electrons. The number of carbonyl (C=O) groups is 2. The highest BCUT2D eigenvalue weighted by molar-refractivity contribution is 5.95. The number of nitrogens with zero attached hydrogens (tertiary/aromatic N) is 2. The van der Waals surface area contributed by atoms with Crippen molar-refractivity contribution in [1.29, 1.82) is 0 Å². The van der Waals surface area contributed by atoms with Crippen LogP contribution in [0.2, 0.25) is 0 Å². The van der Waals surface area contributed by atoms with Gasteiger partial charge in [0.25, 0.3) is 5.91 Å². The van der Waals surface area contributed by atoms with Gasteiger partial charge in [-0.3, -0.25) is 14.6 Å². The van der Waals surface area contributed by atoms with Crippen LogP contribution in [0.1, 0.15) is 85.5 Å². The van der Waals surface area contributed by atoms with E-state index in [0.717, 1.165) is 62.3 Å². The fourth-order valence-electron chi connectivity index (χ4n) is 4.77. The minimum Gasteiger partial charge on any atom is -0.352 e. The zero-order chi connectivity index (χ0) is 19.5. The molecule has 28 heavy (non-hydrogen) atoms. The van der Waals surface area contributed by atoms with Gasteiger partial charge in [-0.2, -0.15) is 0 Å². The first-order valence-electron chi connectivity index (χ1n) is 11.2. The average molecular weight is 384 g/mol. The summed E-state index contributed by atoms with van der Waals surface area (Å²) in [6.07, 6.45) is 10.3. The second kappa shape index (κ2) is 8.62. The maximum Gasteiger partial charge on any atom is 0.253 e. The van der Waals surface area contributed by atoms with Crippen molar-refractivity contribution < 1.29 is 9.59 Å². The Morgan fingerprint density at radius 2 is 1.75 bits per heavy atom. The van der Waals surface area contributed by atoms with Gasteiger partial charge in [-0.1, -0.05) is 19.3 Å². The van der Waals surface area contributed by atoms with Crippen LogP contribution in [0.25, 0.3) is 0 Å². The maximum absolute atomic E-state index is 12.9. The van der Waals surface area contributed by atoms with E-state index >= 15 is 0 Å². The standard InChI is InChI=1S/C23H33N3O2/c1-16-7-10-20(22(27)24-15-17-5-3-2-4-6-17)21(25-16)18-11-13-26(14-12-18)23(28)19-8-9-19/h7,10,17-19H,2-6,8-9,11-15H2,1H3,(H,24,27). The molecule has 2 saturated carbocycles. The Hall–Kier alpha value is -1.91. The van der Waals surface area contributed by atoms with Gasteiger partial charge in [0, 0.05) is 37.2 Å². The molecule has 0 aromatic carbocycles. The first-order chi connectivity index (χ1) is 13.6. The Kier molecular flexibility index (Phi) is 5.98. The maximum atomic E-state index is 12.9. The molecule has 5 nitrogen and oxygen atoms in total.